The molecule has 4 aromatic rings. The van der Waals surface area contributed by atoms with Gasteiger partial charge >= 0.3 is 6.18 Å². The maximum atomic E-state index is 13.4. The van der Waals surface area contributed by atoms with E-state index in [1.165, 1.54) is 12.3 Å². The van der Waals surface area contributed by atoms with Gasteiger partial charge in [-0.1, -0.05) is 12.1 Å². The van der Waals surface area contributed by atoms with Crippen molar-refractivity contribution in [3.05, 3.63) is 71.8 Å². The zero-order chi connectivity index (χ0) is 18.3. The summed E-state index contributed by atoms with van der Waals surface area (Å²) in [6.07, 6.45) is -3.11. The van der Waals surface area contributed by atoms with Crippen LogP contribution in [0.3, 0.4) is 0 Å². The number of furan rings is 1. The first-order valence-electron chi connectivity index (χ1n) is 7.73. The average molecular weight is 359 g/mol. The Hall–Kier alpha value is -3.29. The highest BCUT2D eigenvalue weighted by molar-refractivity contribution is 6.01. The Bertz CT molecular complexity index is 1100. The van der Waals surface area contributed by atoms with Gasteiger partial charge in [-0.15, -0.1) is 0 Å². The number of hydrogen-bond donors (Lipinski definition) is 1. The van der Waals surface area contributed by atoms with Gasteiger partial charge in [0.2, 0.25) is 0 Å². The van der Waals surface area contributed by atoms with E-state index in [1.54, 1.807) is 30.3 Å². The summed E-state index contributed by atoms with van der Waals surface area (Å²) in [5.41, 5.74) is -0.206. The number of pyridine rings is 1. The molecular weight excluding hydrogens is 347 g/mol. The summed E-state index contributed by atoms with van der Waals surface area (Å²) >= 11 is 0. The topological polar surface area (TPSA) is 59.5 Å². The summed E-state index contributed by atoms with van der Waals surface area (Å²) in [4.78, 5) is 16.7. The summed E-state index contributed by atoms with van der Waals surface area (Å²) in [7, 11) is 0. The molecule has 3 aromatic heterocycles. The van der Waals surface area contributed by atoms with Crippen molar-refractivity contribution in [2.45, 2.75) is 12.7 Å². The van der Waals surface area contributed by atoms with Gasteiger partial charge in [-0.3, -0.25) is 9.20 Å². The van der Waals surface area contributed by atoms with E-state index in [9.17, 15) is 18.0 Å². The number of hydrogen-bond acceptors (Lipinski definition) is 3. The van der Waals surface area contributed by atoms with Crippen molar-refractivity contribution >= 4 is 22.6 Å². The number of nitrogens with zero attached hydrogens (tertiary/aromatic N) is 2. The van der Waals surface area contributed by atoms with E-state index in [0.717, 1.165) is 16.5 Å². The van der Waals surface area contributed by atoms with Crippen LogP contribution in [0.1, 0.15) is 21.8 Å². The third-order valence-corrected chi connectivity index (χ3v) is 3.99. The Balaban J connectivity index is 1.84. The highest BCUT2D eigenvalue weighted by Gasteiger charge is 2.35. The molecule has 0 saturated heterocycles. The lowest BCUT2D eigenvalue weighted by molar-refractivity contribution is -0.141. The van der Waals surface area contributed by atoms with Gasteiger partial charge in [-0.05, 0) is 36.4 Å². The van der Waals surface area contributed by atoms with Gasteiger partial charge in [0.25, 0.3) is 5.91 Å². The summed E-state index contributed by atoms with van der Waals surface area (Å²) in [6, 6.07) is 11.8. The molecule has 0 saturated carbocycles. The molecule has 132 valence electrons. The largest absolute Gasteiger partial charge is 0.467 e. The Kier molecular flexibility index (Phi) is 3.68. The molecule has 0 aliphatic carbocycles. The Labute approximate surface area is 145 Å². The van der Waals surface area contributed by atoms with Gasteiger partial charge < -0.3 is 9.73 Å². The minimum Gasteiger partial charge on any atom is -0.467 e. The van der Waals surface area contributed by atoms with Crippen molar-refractivity contribution in [3.8, 4) is 0 Å². The predicted octanol–water partition coefficient (Wildman–Crippen LogP) is 4.03. The third-order valence-electron chi connectivity index (χ3n) is 3.99. The second-order valence-corrected chi connectivity index (χ2v) is 5.65. The Morgan fingerprint density at radius 2 is 1.92 bits per heavy atom. The van der Waals surface area contributed by atoms with Crippen LogP contribution in [0.25, 0.3) is 16.7 Å². The van der Waals surface area contributed by atoms with Crippen LogP contribution in [0.2, 0.25) is 0 Å². The molecule has 0 radical (unpaired) electrons. The van der Waals surface area contributed by atoms with Crippen LogP contribution in [0.4, 0.5) is 13.2 Å². The zero-order valence-corrected chi connectivity index (χ0v) is 13.2. The third kappa shape index (κ3) is 2.69. The first kappa shape index (κ1) is 16.2. The van der Waals surface area contributed by atoms with E-state index in [2.05, 4.69) is 10.3 Å². The number of imidazole rings is 1. The molecule has 1 aromatic carbocycles. The number of carbonyl (C=O) groups is 1. The van der Waals surface area contributed by atoms with Crippen LogP contribution < -0.4 is 5.32 Å². The standard InChI is InChI=1S/C18H12F3N3O2/c19-18(20,21)15-8-7-12(17(25)22-10-11-4-3-9-26-11)16-23-13-5-1-2-6-14(13)24(15)16/h1-9H,10H2,(H,22,25). The van der Waals surface area contributed by atoms with Crippen LogP contribution >= 0.6 is 0 Å². The van der Waals surface area contributed by atoms with Crippen molar-refractivity contribution < 1.29 is 22.4 Å². The molecule has 1 N–H and O–H groups in total. The molecule has 8 heteroatoms. The first-order chi connectivity index (χ1) is 12.4. The second kappa shape index (κ2) is 5.91. The lowest BCUT2D eigenvalue weighted by Gasteiger charge is -2.12. The second-order valence-electron chi connectivity index (χ2n) is 5.65. The van der Waals surface area contributed by atoms with Gasteiger partial charge in [0.1, 0.15) is 11.5 Å². The fourth-order valence-corrected chi connectivity index (χ4v) is 2.84. The number of benzene rings is 1. The number of para-hydroxylation sites is 2. The quantitative estimate of drug-likeness (QED) is 0.601. The molecule has 3 heterocycles. The van der Waals surface area contributed by atoms with Crippen LogP contribution in [0.5, 0.6) is 0 Å². The molecule has 0 spiro atoms. The zero-order valence-electron chi connectivity index (χ0n) is 13.2. The lowest BCUT2D eigenvalue weighted by atomic mass is 10.2. The molecule has 0 bridgehead atoms. The van der Waals surface area contributed by atoms with Crippen molar-refractivity contribution in [3.63, 3.8) is 0 Å². The Morgan fingerprint density at radius 1 is 1.12 bits per heavy atom. The minimum absolute atomic E-state index is 0.0435. The monoisotopic (exact) mass is 359 g/mol. The highest BCUT2D eigenvalue weighted by Crippen LogP contribution is 2.33. The number of fused-ring (bicyclic) bond motifs is 3. The molecule has 1 amide bonds. The van der Waals surface area contributed by atoms with Crippen molar-refractivity contribution in [1.29, 1.82) is 0 Å². The molecule has 4 rings (SSSR count). The van der Waals surface area contributed by atoms with Gasteiger partial charge in [-0.2, -0.15) is 13.2 Å². The fraction of sp³-hybridized carbons (Fsp3) is 0.111. The predicted molar refractivity (Wildman–Crippen MR) is 87.6 cm³/mol. The summed E-state index contributed by atoms with van der Waals surface area (Å²) in [6.45, 7) is 0.124. The van der Waals surface area contributed by atoms with Crippen LogP contribution in [0.15, 0.2) is 59.2 Å². The van der Waals surface area contributed by atoms with E-state index in [4.69, 9.17) is 4.42 Å². The minimum atomic E-state index is -4.58. The molecule has 0 aliphatic heterocycles. The maximum Gasteiger partial charge on any atom is 0.431 e. The molecule has 26 heavy (non-hydrogen) atoms. The smallest absolute Gasteiger partial charge is 0.431 e. The SMILES string of the molecule is O=C(NCc1ccco1)c1ccc(C(F)(F)F)n2c1nc1ccccc12. The lowest BCUT2D eigenvalue weighted by Crippen LogP contribution is -2.24. The number of rotatable bonds is 3. The molecule has 0 fully saturated rings. The number of alkyl halides is 3. The van der Waals surface area contributed by atoms with Crippen LogP contribution in [-0.4, -0.2) is 15.3 Å². The number of amides is 1. The molecule has 5 nitrogen and oxygen atoms in total. The highest BCUT2D eigenvalue weighted by atomic mass is 19.4. The molecule has 0 unspecified atom stereocenters. The van der Waals surface area contributed by atoms with E-state index in [-0.39, 0.29) is 23.3 Å². The number of nitrogens with one attached hydrogen (secondary N) is 1. The molecule has 0 aliphatic rings. The van der Waals surface area contributed by atoms with E-state index in [1.807, 2.05) is 0 Å². The normalized spacial score (nSPS) is 12.0. The van der Waals surface area contributed by atoms with Gasteiger partial charge in [0.15, 0.2) is 5.65 Å². The average Bonchev–Trinajstić information content (AvgIpc) is 3.25. The van der Waals surface area contributed by atoms with Gasteiger partial charge in [0, 0.05) is 0 Å². The maximum absolute atomic E-state index is 13.4. The van der Waals surface area contributed by atoms with Gasteiger partial charge in [0.05, 0.1) is 29.4 Å². The Morgan fingerprint density at radius 3 is 2.65 bits per heavy atom. The number of halogens is 3. The number of aromatic nitrogens is 2. The van der Waals surface area contributed by atoms with E-state index < -0.39 is 17.8 Å². The summed E-state index contributed by atoms with van der Waals surface area (Å²) < 4.78 is 46.4. The van der Waals surface area contributed by atoms with Crippen LogP contribution in [-0.2, 0) is 12.7 Å². The van der Waals surface area contributed by atoms with Crippen molar-refractivity contribution in [2.24, 2.45) is 0 Å². The van der Waals surface area contributed by atoms with E-state index >= 15 is 0 Å². The number of carbonyl (C=O) groups excluding carboxylic acids is 1. The fourth-order valence-electron chi connectivity index (χ4n) is 2.84. The van der Waals surface area contributed by atoms with Crippen LogP contribution in [0, 0.1) is 0 Å². The molecule has 0 atom stereocenters. The summed E-state index contributed by atoms with van der Waals surface area (Å²) in [5.74, 6) is 0.00483. The van der Waals surface area contributed by atoms with E-state index in [0.29, 0.717) is 11.3 Å². The van der Waals surface area contributed by atoms with Crippen molar-refractivity contribution in [1.82, 2.24) is 14.7 Å². The van der Waals surface area contributed by atoms with Crippen molar-refractivity contribution in [2.75, 3.05) is 0 Å². The molecular formula is C18H12F3N3O2. The van der Waals surface area contributed by atoms with Gasteiger partial charge in [-0.25, -0.2) is 4.98 Å². The summed E-state index contributed by atoms with van der Waals surface area (Å²) in [5, 5.41) is 2.63. The first-order valence-corrected chi connectivity index (χ1v) is 7.73.